The Morgan fingerprint density at radius 1 is 1.18 bits per heavy atom. The molecule has 1 aliphatic heterocycles. The highest BCUT2D eigenvalue weighted by Gasteiger charge is 2.34. The van der Waals surface area contributed by atoms with Crippen LogP contribution in [0, 0.1) is 0 Å². The fourth-order valence-electron chi connectivity index (χ4n) is 3.11. The number of halogens is 3. The summed E-state index contributed by atoms with van der Waals surface area (Å²) in [5.74, 6) is 0.290. The Hall–Kier alpha value is -2.74. The number of anilines is 1. The molecule has 0 unspecified atom stereocenters. The first kappa shape index (κ1) is 20.0. The molecule has 0 saturated carbocycles. The molecule has 0 bridgehead atoms. The number of amides is 1. The number of para-hydroxylation sites is 1. The first-order valence-electron chi connectivity index (χ1n) is 8.90. The predicted octanol–water partition coefficient (Wildman–Crippen LogP) is 3.29. The quantitative estimate of drug-likeness (QED) is 0.789. The Morgan fingerprint density at radius 2 is 1.89 bits per heavy atom. The second kappa shape index (κ2) is 8.52. The number of rotatable bonds is 6. The summed E-state index contributed by atoms with van der Waals surface area (Å²) in [4.78, 5) is 13.9. The number of carbonyl (C=O) groups excluding carboxylic acids is 1. The van der Waals surface area contributed by atoms with E-state index < -0.39 is 11.7 Å². The third kappa shape index (κ3) is 4.95. The molecule has 150 valence electrons. The molecule has 1 heterocycles. The van der Waals surface area contributed by atoms with Gasteiger partial charge in [-0.25, -0.2) is 0 Å². The Kier molecular flexibility index (Phi) is 6.08. The van der Waals surface area contributed by atoms with Crippen molar-refractivity contribution in [1.29, 1.82) is 0 Å². The van der Waals surface area contributed by atoms with E-state index in [-0.39, 0.29) is 30.9 Å². The van der Waals surface area contributed by atoms with Crippen LogP contribution in [-0.2, 0) is 17.6 Å². The minimum Gasteiger partial charge on any atom is -0.484 e. The number of carbonyl (C=O) groups is 1. The molecule has 0 radical (unpaired) electrons. The van der Waals surface area contributed by atoms with Gasteiger partial charge in [0.05, 0.1) is 12.2 Å². The lowest BCUT2D eigenvalue weighted by atomic mass is 10.1. The van der Waals surface area contributed by atoms with Crippen LogP contribution in [0.5, 0.6) is 5.75 Å². The van der Waals surface area contributed by atoms with Gasteiger partial charge in [-0.1, -0.05) is 24.3 Å². The Labute approximate surface area is 160 Å². The van der Waals surface area contributed by atoms with Gasteiger partial charge in [-0.15, -0.1) is 0 Å². The molecule has 3 rings (SSSR count). The van der Waals surface area contributed by atoms with E-state index in [0.29, 0.717) is 25.3 Å². The van der Waals surface area contributed by atoms with E-state index in [1.807, 2.05) is 0 Å². The highest BCUT2D eigenvalue weighted by Crippen LogP contribution is 2.35. The Balaban J connectivity index is 1.53. The zero-order valence-corrected chi connectivity index (χ0v) is 15.1. The number of benzene rings is 2. The molecule has 0 aromatic heterocycles. The molecule has 2 N–H and O–H groups in total. The van der Waals surface area contributed by atoms with Crippen molar-refractivity contribution in [3.05, 3.63) is 59.7 Å². The summed E-state index contributed by atoms with van der Waals surface area (Å²) in [6.07, 6.45) is -3.87. The van der Waals surface area contributed by atoms with Crippen LogP contribution in [-0.4, -0.2) is 41.7 Å². The third-order valence-electron chi connectivity index (χ3n) is 4.60. The van der Waals surface area contributed by atoms with Crippen molar-refractivity contribution in [3.8, 4) is 5.75 Å². The van der Waals surface area contributed by atoms with Gasteiger partial charge in [0.1, 0.15) is 5.75 Å². The molecule has 1 amide bonds. The smallest absolute Gasteiger partial charge is 0.418 e. The van der Waals surface area contributed by atoms with Crippen molar-refractivity contribution in [2.45, 2.75) is 25.2 Å². The summed E-state index contributed by atoms with van der Waals surface area (Å²) in [7, 11) is 0. The zero-order chi connectivity index (χ0) is 20.1. The fourth-order valence-corrected chi connectivity index (χ4v) is 3.11. The SMILES string of the molecule is O=C(COc1ccc(CO)cc1)N1CC[C@H](Nc2ccccc2C(F)(F)F)C1. The first-order valence-corrected chi connectivity index (χ1v) is 8.90. The maximum absolute atomic E-state index is 13.1. The lowest BCUT2D eigenvalue weighted by Gasteiger charge is -2.20. The molecule has 5 nitrogen and oxygen atoms in total. The number of hydrogen-bond acceptors (Lipinski definition) is 4. The monoisotopic (exact) mass is 394 g/mol. The number of hydrogen-bond donors (Lipinski definition) is 2. The summed E-state index contributed by atoms with van der Waals surface area (Å²) in [6.45, 7) is 0.554. The van der Waals surface area contributed by atoms with Gasteiger partial charge in [-0.2, -0.15) is 13.2 Å². The molecule has 8 heteroatoms. The van der Waals surface area contributed by atoms with Crippen LogP contribution < -0.4 is 10.1 Å². The van der Waals surface area contributed by atoms with Crippen LogP contribution in [0.1, 0.15) is 17.5 Å². The third-order valence-corrected chi connectivity index (χ3v) is 4.60. The number of alkyl halides is 3. The average molecular weight is 394 g/mol. The summed E-state index contributed by atoms with van der Waals surface area (Å²) in [5, 5.41) is 11.9. The van der Waals surface area contributed by atoms with Crippen LogP contribution in [0.15, 0.2) is 48.5 Å². The van der Waals surface area contributed by atoms with Crippen LogP contribution in [0.25, 0.3) is 0 Å². The highest BCUT2D eigenvalue weighted by molar-refractivity contribution is 5.78. The summed E-state index contributed by atoms with van der Waals surface area (Å²) >= 11 is 0. The lowest BCUT2D eigenvalue weighted by molar-refractivity contribution is -0.137. The highest BCUT2D eigenvalue weighted by atomic mass is 19.4. The van der Waals surface area contributed by atoms with Gasteiger partial charge in [0.15, 0.2) is 6.61 Å². The van der Waals surface area contributed by atoms with E-state index in [2.05, 4.69) is 5.32 Å². The van der Waals surface area contributed by atoms with Gasteiger partial charge in [-0.3, -0.25) is 4.79 Å². The zero-order valence-electron chi connectivity index (χ0n) is 15.1. The number of likely N-dealkylation sites (tertiary alicyclic amines) is 1. The minimum absolute atomic E-state index is 0.0227. The van der Waals surface area contributed by atoms with Gasteiger partial charge in [-0.05, 0) is 36.2 Å². The van der Waals surface area contributed by atoms with Crippen molar-refractivity contribution in [3.63, 3.8) is 0 Å². The normalized spacial score (nSPS) is 16.9. The van der Waals surface area contributed by atoms with Crippen molar-refractivity contribution >= 4 is 11.6 Å². The topological polar surface area (TPSA) is 61.8 Å². The number of aliphatic hydroxyl groups is 1. The van der Waals surface area contributed by atoms with Crippen molar-refractivity contribution in [2.24, 2.45) is 0 Å². The van der Waals surface area contributed by atoms with Crippen LogP contribution in [0.3, 0.4) is 0 Å². The van der Waals surface area contributed by atoms with Crippen molar-refractivity contribution in [1.82, 2.24) is 4.90 Å². The van der Waals surface area contributed by atoms with E-state index in [1.165, 1.54) is 12.1 Å². The number of nitrogens with one attached hydrogen (secondary N) is 1. The van der Waals surface area contributed by atoms with E-state index in [1.54, 1.807) is 35.2 Å². The summed E-state index contributed by atoms with van der Waals surface area (Å²) in [6, 6.07) is 11.8. The number of ether oxygens (including phenoxy) is 1. The summed E-state index contributed by atoms with van der Waals surface area (Å²) < 4.78 is 44.8. The average Bonchev–Trinajstić information content (AvgIpc) is 3.14. The molecule has 1 fully saturated rings. The van der Waals surface area contributed by atoms with E-state index >= 15 is 0 Å². The van der Waals surface area contributed by atoms with Crippen molar-refractivity contribution in [2.75, 3.05) is 25.0 Å². The van der Waals surface area contributed by atoms with Gasteiger partial charge in [0.25, 0.3) is 5.91 Å². The second-order valence-electron chi connectivity index (χ2n) is 6.60. The maximum Gasteiger partial charge on any atom is 0.418 e. The Morgan fingerprint density at radius 3 is 2.57 bits per heavy atom. The fraction of sp³-hybridized carbons (Fsp3) is 0.350. The predicted molar refractivity (Wildman–Crippen MR) is 97.9 cm³/mol. The van der Waals surface area contributed by atoms with Crippen molar-refractivity contribution < 1.29 is 27.8 Å². The van der Waals surface area contributed by atoms with Gasteiger partial charge < -0.3 is 20.1 Å². The molecule has 28 heavy (non-hydrogen) atoms. The molecule has 1 aliphatic rings. The van der Waals surface area contributed by atoms with Crippen LogP contribution in [0.2, 0.25) is 0 Å². The minimum atomic E-state index is -4.43. The molecular weight excluding hydrogens is 373 g/mol. The van der Waals surface area contributed by atoms with Crippen LogP contribution in [0.4, 0.5) is 18.9 Å². The molecule has 2 aromatic rings. The van der Waals surface area contributed by atoms with Gasteiger partial charge in [0, 0.05) is 24.8 Å². The first-order chi connectivity index (χ1) is 13.4. The van der Waals surface area contributed by atoms with E-state index in [9.17, 15) is 18.0 Å². The molecule has 0 aliphatic carbocycles. The molecule has 1 atom stereocenters. The standard InChI is InChI=1S/C20H21F3N2O3/c21-20(22,23)17-3-1-2-4-18(17)24-15-9-10-25(11-15)19(27)13-28-16-7-5-14(12-26)6-8-16/h1-8,15,24,26H,9-13H2/t15-/m0/s1. The lowest BCUT2D eigenvalue weighted by Crippen LogP contribution is -2.35. The van der Waals surface area contributed by atoms with E-state index in [4.69, 9.17) is 9.84 Å². The van der Waals surface area contributed by atoms with Crippen LogP contribution >= 0.6 is 0 Å². The molecular formula is C20H21F3N2O3. The van der Waals surface area contributed by atoms with Gasteiger partial charge >= 0.3 is 6.18 Å². The molecule has 2 aromatic carbocycles. The summed E-state index contributed by atoms with van der Waals surface area (Å²) in [5.41, 5.74) is 0.0511. The maximum atomic E-state index is 13.1. The molecule has 0 spiro atoms. The largest absolute Gasteiger partial charge is 0.484 e. The molecule has 1 saturated heterocycles. The second-order valence-corrected chi connectivity index (χ2v) is 6.60. The van der Waals surface area contributed by atoms with Gasteiger partial charge in [0.2, 0.25) is 0 Å². The van der Waals surface area contributed by atoms with E-state index in [0.717, 1.165) is 11.6 Å². The Bertz CT molecular complexity index is 809. The number of nitrogens with zero attached hydrogens (tertiary/aromatic N) is 1. The number of aliphatic hydroxyl groups excluding tert-OH is 1.